The van der Waals surface area contributed by atoms with E-state index < -0.39 is 11.0 Å². The molecule has 2 atom stereocenters. The van der Waals surface area contributed by atoms with Crippen LogP contribution in [0.2, 0.25) is 5.02 Å². The van der Waals surface area contributed by atoms with E-state index in [-0.39, 0.29) is 0 Å². The van der Waals surface area contributed by atoms with Crippen LogP contribution in [0.25, 0.3) is 0 Å². The molecule has 0 spiro atoms. The average Bonchev–Trinajstić information content (AvgIpc) is 2.47. The molecule has 0 aliphatic carbocycles. The van der Waals surface area contributed by atoms with Gasteiger partial charge >= 0.3 is 0 Å². The zero-order chi connectivity index (χ0) is 15.2. The van der Waals surface area contributed by atoms with Crippen molar-refractivity contribution in [3.63, 3.8) is 0 Å². The quantitative estimate of drug-likeness (QED) is 0.698. The van der Waals surface area contributed by atoms with Gasteiger partial charge in [-0.3, -0.25) is 0 Å². The second kappa shape index (κ2) is 8.56. The molecule has 0 aromatic heterocycles. The highest BCUT2D eigenvalue weighted by atomic mass is 35.5. The Kier molecular flexibility index (Phi) is 7.06. The number of thioether (sulfide) groups is 1. The molecule has 0 amide bonds. The van der Waals surface area contributed by atoms with Crippen molar-refractivity contribution in [1.82, 2.24) is 4.31 Å². The van der Waals surface area contributed by atoms with Crippen molar-refractivity contribution < 1.29 is 4.21 Å². The molecule has 0 bridgehead atoms. The second-order valence-electron chi connectivity index (χ2n) is 5.56. The van der Waals surface area contributed by atoms with E-state index in [1.807, 2.05) is 36.9 Å². The summed E-state index contributed by atoms with van der Waals surface area (Å²) < 4.78 is 15.2. The Bertz CT molecular complexity index is 475. The Hall–Kier alpha value is -0.0300. The third-order valence-electron chi connectivity index (χ3n) is 4.01. The average molecular weight is 346 g/mol. The van der Waals surface area contributed by atoms with Gasteiger partial charge in [0.15, 0.2) is 0 Å². The minimum Gasteiger partial charge on any atom is -0.237 e. The van der Waals surface area contributed by atoms with Crippen LogP contribution in [-0.4, -0.2) is 33.1 Å². The van der Waals surface area contributed by atoms with E-state index in [4.69, 9.17) is 11.6 Å². The topological polar surface area (TPSA) is 20.3 Å². The number of piperidine rings is 1. The first-order valence-electron chi connectivity index (χ1n) is 7.57. The molecule has 1 aliphatic rings. The fourth-order valence-electron chi connectivity index (χ4n) is 2.90. The number of benzene rings is 1. The Balaban J connectivity index is 2.14. The van der Waals surface area contributed by atoms with Crippen LogP contribution in [0.15, 0.2) is 23.1 Å². The predicted molar refractivity (Wildman–Crippen MR) is 94.6 cm³/mol. The lowest BCUT2D eigenvalue weighted by molar-refractivity contribution is 0.250. The lowest BCUT2D eigenvalue weighted by atomic mass is 10.0. The van der Waals surface area contributed by atoms with Crippen LogP contribution >= 0.6 is 23.4 Å². The van der Waals surface area contributed by atoms with Gasteiger partial charge in [0, 0.05) is 12.6 Å². The minimum absolute atomic E-state index is 0.433. The van der Waals surface area contributed by atoms with Crippen LogP contribution < -0.4 is 0 Å². The van der Waals surface area contributed by atoms with Gasteiger partial charge in [-0.15, -0.1) is 0 Å². The lowest BCUT2D eigenvalue weighted by Crippen LogP contribution is -2.41. The molecular formula is C16H24ClNOS2. The predicted octanol–water partition coefficient (Wildman–Crippen LogP) is 4.67. The minimum atomic E-state index is -1.13. The standard InChI is InChI=1S/C16H24ClNOS2/c1-13-7-5-10-15(17)16(13)21(19)18-11-4-3-8-14(18)9-6-12-20-2/h5,7,10,14H,3-4,6,8-9,11-12H2,1-2H3. The van der Waals surface area contributed by atoms with Crippen LogP contribution in [0.5, 0.6) is 0 Å². The number of aryl methyl sites for hydroxylation is 1. The van der Waals surface area contributed by atoms with Gasteiger partial charge in [0.05, 0.1) is 9.92 Å². The van der Waals surface area contributed by atoms with Gasteiger partial charge in [-0.2, -0.15) is 11.8 Å². The van der Waals surface area contributed by atoms with Crippen molar-refractivity contribution in [3.05, 3.63) is 28.8 Å². The molecule has 1 fully saturated rings. The summed E-state index contributed by atoms with van der Waals surface area (Å²) in [5.41, 5.74) is 1.02. The number of nitrogens with zero attached hydrogens (tertiary/aromatic N) is 1. The fraction of sp³-hybridized carbons (Fsp3) is 0.625. The van der Waals surface area contributed by atoms with Gasteiger partial charge in [0.25, 0.3) is 0 Å². The summed E-state index contributed by atoms with van der Waals surface area (Å²) in [7, 11) is -1.13. The molecule has 118 valence electrons. The summed E-state index contributed by atoms with van der Waals surface area (Å²) in [6, 6.07) is 6.19. The summed E-state index contributed by atoms with van der Waals surface area (Å²) in [6.07, 6.45) is 8.01. The van der Waals surface area contributed by atoms with Gasteiger partial charge in [0.2, 0.25) is 0 Å². The van der Waals surface area contributed by atoms with Gasteiger partial charge < -0.3 is 0 Å². The van der Waals surface area contributed by atoms with Crippen LogP contribution in [-0.2, 0) is 11.0 Å². The van der Waals surface area contributed by atoms with Gasteiger partial charge in [-0.25, -0.2) is 8.51 Å². The molecule has 1 saturated heterocycles. The zero-order valence-corrected chi connectivity index (χ0v) is 15.2. The first-order valence-corrected chi connectivity index (χ1v) is 10.5. The van der Waals surface area contributed by atoms with E-state index in [2.05, 4.69) is 10.6 Å². The Morgan fingerprint density at radius 1 is 1.43 bits per heavy atom. The summed E-state index contributed by atoms with van der Waals surface area (Å²) in [5.74, 6) is 1.18. The maximum Gasteiger partial charge on any atom is 0.129 e. The summed E-state index contributed by atoms with van der Waals surface area (Å²) in [6.45, 7) is 2.91. The van der Waals surface area contributed by atoms with Crippen LogP contribution in [0.1, 0.15) is 37.7 Å². The van der Waals surface area contributed by atoms with E-state index in [9.17, 15) is 4.21 Å². The molecule has 5 heteroatoms. The van der Waals surface area contributed by atoms with Gasteiger partial charge in [0.1, 0.15) is 11.0 Å². The number of halogens is 1. The fourth-order valence-corrected chi connectivity index (χ4v) is 5.36. The first-order chi connectivity index (χ1) is 10.1. The van der Waals surface area contributed by atoms with Gasteiger partial charge in [-0.1, -0.05) is 30.2 Å². The maximum absolute atomic E-state index is 13.0. The zero-order valence-electron chi connectivity index (χ0n) is 12.8. The van der Waals surface area contributed by atoms with Crippen molar-refractivity contribution in [3.8, 4) is 0 Å². The Morgan fingerprint density at radius 2 is 2.24 bits per heavy atom. The molecule has 2 unspecified atom stereocenters. The maximum atomic E-state index is 13.0. The molecular weight excluding hydrogens is 322 g/mol. The van der Waals surface area contributed by atoms with Crippen LogP contribution in [0.4, 0.5) is 0 Å². The van der Waals surface area contributed by atoms with E-state index >= 15 is 0 Å². The molecule has 1 aromatic carbocycles. The third kappa shape index (κ3) is 4.47. The normalized spacial score (nSPS) is 21.4. The highest BCUT2D eigenvalue weighted by Crippen LogP contribution is 2.30. The van der Waals surface area contributed by atoms with E-state index in [0.717, 1.165) is 36.3 Å². The first kappa shape index (κ1) is 17.3. The van der Waals surface area contributed by atoms with Gasteiger partial charge in [-0.05, 0) is 56.2 Å². The molecule has 1 heterocycles. The number of rotatable bonds is 6. The lowest BCUT2D eigenvalue weighted by Gasteiger charge is -2.35. The second-order valence-corrected chi connectivity index (χ2v) is 8.33. The molecule has 0 N–H and O–H groups in total. The monoisotopic (exact) mass is 345 g/mol. The summed E-state index contributed by atoms with van der Waals surface area (Å²) in [4.78, 5) is 0.802. The molecule has 1 aromatic rings. The van der Waals surface area contributed by atoms with Crippen molar-refractivity contribution in [2.24, 2.45) is 0 Å². The Morgan fingerprint density at radius 3 is 2.95 bits per heavy atom. The number of hydrogen-bond donors (Lipinski definition) is 0. The SMILES string of the molecule is CSCCCC1CCCCN1S(=O)c1c(C)cccc1Cl. The van der Waals surface area contributed by atoms with Crippen LogP contribution in [0, 0.1) is 6.92 Å². The largest absolute Gasteiger partial charge is 0.237 e. The molecule has 0 saturated carbocycles. The summed E-state index contributed by atoms with van der Waals surface area (Å²) >= 11 is 8.18. The summed E-state index contributed by atoms with van der Waals surface area (Å²) in [5, 5.41) is 0.627. The van der Waals surface area contributed by atoms with Crippen LogP contribution in [0.3, 0.4) is 0 Å². The molecule has 21 heavy (non-hydrogen) atoms. The van der Waals surface area contributed by atoms with E-state index in [1.165, 1.54) is 18.6 Å². The smallest absolute Gasteiger partial charge is 0.129 e. The van der Waals surface area contributed by atoms with Crippen molar-refractivity contribution in [2.45, 2.75) is 50.0 Å². The highest BCUT2D eigenvalue weighted by Gasteiger charge is 2.29. The number of hydrogen-bond acceptors (Lipinski definition) is 2. The molecule has 2 rings (SSSR count). The van der Waals surface area contributed by atoms with Crippen molar-refractivity contribution in [2.75, 3.05) is 18.6 Å². The third-order valence-corrected chi connectivity index (χ3v) is 6.93. The van der Waals surface area contributed by atoms with Crippen molar-refractivity contribution >= 4 is 34.3 Å². The molecule has 1 aliphatic heterocycles. The molecule has 2 nitrogen and oxygen atoms in total. The van der Waals surface area contributed by atoms with E-state index in [1.54, 1.807) is 0 Å². The van der Waals surface area contributed by atoms with Crippen molar-refractivity contribution in [1.29, 1.82) is 0 Å². The van der Waals surface area contributed by atoms with E-state index in [0.29, 0.717) is 11.1 Å². The molecule has 0 radical (unpaired) electrons. The Labute approximate surface area is 140 Å². The highest BCUT2D eigenvalue weighted by molar-refractivity contribution is 7.98.